The van der Waals surface area contributed by atoms with Gasteiger partial charge in [-0.05, 0) is 29.7 Å². The number of fused-ring (bicyclic) bond motifs is 1. The lowest BCUT2D eigenvalue weighted by atomic mass is 9.88. The Labute approximate surface area is 146 Å². The van der Waals surface area contributed by atoms with Gasteiger partial charge in [0.05, 0.1) is 10.5 Å². The zero-order chi connectivity index (χ0) is 18.9. The van der Waals surface area contributed by atoms with E-state index in [0.717, 1.165) is 12.1 Å². The van der Waals surface area contributed by atoms with Crippen molar-refractivity contribution in [2.75, 3.05) is 6.61 Å². The number of aliphatic hydroxyl groups is 1. The molecule has 26 heavy (non-hydrogen) atoms. The van der Waals surface area contributed by atoms with Gasteiger partial charge in [0, 0.05) is 30.2 Å². The second-order valence-electron chi connectivity index (χ2n) is 5.89. The van der Waals surface area contributed by atoms with Crippen LogP contribution in [0.3, 0.4) is 0 Å². The Kier molecular flexibility index (Phi) is 4.69. The normalized spacial score (nSPS) is 13.1. The molecule has 1 unspecified atom stereocenters. The zero-order valence-electron chi connectivity index (χ0n) is 13.5. The summed E-state index contributed by atoms with van der Waals surface area (Å²) in [5.41, 5.74) is 0.807. The van der Waals surface area contributed by atoms with E-state index in [4.69, 9.17) is 0 Å². The summed E-state index contributed by atoms with van der Waals surface area (Å²) in [5.74, 6) is -0.391. The molecule has 3 aromatic rings. The van der Waals surface area contributed by atoms with Crippen LogP contribution in [0.1, 0.15) is 29.0 Å². The lowest BCUT2D eigenvalue weighted by Gasteiger charge is -2.17. The minimum absolute atomic E-state index is 0.0797. The number of aromatic amines is 1. The van der Waals surface area contributed by atoms with Crippen molar-refractivity contribution >= 4 is 16.6 Å². The van der Waals surface area contributed by atoms with Crippen LogP contribution >= 0.6 is 0 Å². The fourth-order valence-corrected chi connectivity index (χ4v) is 3.14. The predicted molar refractivity (Wildman–Crippen MR) is 89.9 cm³/mol. The Morgan fingerprint density at radius 3 is 2.42 bits per heavy atom. The molecular weight excluding hydrogens is 349 g/mol. The highest BCUT2D eigenvalue weighted by Crippen LogP contribution is 2.37. The Balaban J connectivity index is 2.08. The van der Waals surface area contributed by atoms with Gasteiger partial charge < -0.3 is 10.1 Å². The quantitative estimate of drug-likeness (QED) is 0.513. The van der Waals surface area contributed by atoms with Crippen LogP contribution in [0.4, 0.5) is 18.9 Å². The molecule has 136 valence electrons. The van der Waals surface area contributed by atoms with Gasteiger partial charge in [0.1, 0.15) is 5.52 Å². The second-order valence-corrected chi connectivity index (χ2v) is 5.89. The molecule has 1 heterocycles. The smallest absolute Gasteiger partial charge is 0.396 e. The number of nitro benzene ring substituents is 1. The molecule has 0 aliphatic rings. The van der Waals surface area contributed by atoms with E-state index in [0.29, 0.717) is 22.0 Å². The number of benzene rings is 2. The number of nitrogens with zero attached hydrogens (tertiary/aromatic N) is 1. The van der Waals surface area contributed by atoms with Gasteiger partial charge in [0.2, 0.25) is 0 Å². The number of halogens is 3. The van der Waals surface area contributed by atoms with Crippen LogP contribution in [-0.4, -0.2) is 21.6 Å². The number of para-hydroxylation sites is 1. The van der Waals surface area contributed by atoms with Crippen molar-refractivity contribution in [1.29, 1.82) is 0 Å². The van der Waals surface area contributed by atoms with Gasteiger partial charge in [-0.1, -0.05) is 24.3 Å². The molecule has 0 radical (unpaired) electrons. The van der Waals surface area contributed by atoms with Crippen molar-refractivity contribution < 1.29 is 23.2 Å². The van der Waals surface area contributed by atoms with E-state index < -0.39 is 22.6 Å². The topological polar surface area (TPSA) is 79.2 Å². The Morgan fingerprint density at radius 1 is 1.15 bits per heavy atom. The summed E-state index contributed by atoms with van der Waals surface area (Å²) in [6.45, 7) is -0.173. The molecule has 8 heteroatoms. The first kappa shape index (κ1) is 17.9. The molecular formula is C18H15F3N2O3. The fraction of sp³-hybridized carbons (Fsp3) is 0.222. The molecule has 0 spiro atoms. The first-order chi connectivity index (χ1) is 12.3. The van der Waals surface area contributed by atoms with E-state index in [-0.39, 0.29) is 18.7 Å². The molecule has 2 N–H and O–H groups in total. The number of hydrogen-bond acceptors (Lipinski definition) is 3. The molecule has 0 saturated heterocycles. The van der Waals surface area contributed by atoms with E-state index in [1.54, 1.807) is 18.3 Å². The van der Waals surface area contributed by atoms with E-state index in [1.165, 1.54) is 18.2 Å². The van der Waals surface area contributed by atoms with Gasteiger partial charge in [0.15, 0.2) is 0 Å². The van der Waals surface area contributed by atoms with Crippen molar-refractivity contribution in [3.8, 4) is 0 Å². The summed E-state index contributed by atoms with van der Waals surface area (Å²) in [4.78, 5) is 13.5. The summed E-state index contributed by atoms with van der Waals surface area (Å²) < 4.78 is 38.3. The number of alkyl halides is 3. The molecule has 0 aliphatic heterocycles. The van der Waals surface area contributed by atoms with Crippen molar-refractivity contribution in [1.82, 2.24) is 4.98 Å². The van der Waals surface area contributed by atoms with Gasteiger partial charge in [-0.3, -0.25) is 10.1 Å². The summed E-state index contributed by atoms with van der Waals surface area (Å²) in [7, 11) is 0. The van der Waals surface area contributed by atoms with Crippen LogP contribution < -0.4 is 0 Å². The number of aliphatic hydroxyl groups excluding tert-OH is 1. The second kappa shape index (κ2) is 6.80. The molecule has 0 fully saturated rings. The average Bonchev–Trinajstić information content (AvgIpc) is 3.02. The monoisotopic (exact) mass is 364 g/mol. The first-order valence-electron chi connectivity index (χ1n) is 7.85. The van der Waals surface area contributed by atoms with Gasteiger partial charge in [-0.2, -0.15) is 13.2 Å². The molecule has 3 rings (SSSR count). The van der Waals surface area contributed by atoms with E-state index in [2.05, 4.69) is 4.98 Å². The number of H-pyrrole nitrogens is 1. The van der Waals surface area contributed by atoms with E-state index >= 15 is 0 Å². The minimum Gasteiger partial charge on any atom is -0.396 e. The molecule has 0 bridgehead atoms. The molecule has 1 aromatic heterocycles. The number of rotatable bonds is 5. The van der Waals surface area contributed by atoms with Crippen LogP contribution in [0, 0.1) is 10.1 Å². The van der Waals surface area contributed by atoms with E-state index in [9.17, 15) is 28.4 Å². The first-order valence-corrected chi connectivity index (χ1v) is 7.85. The van der Waals surface area contributed by atoms with Crippen LogP contribution in [0.25, 0.3) is 10.9 Å². The van der Waals surface area contributed by atoms with Crippen molar-refractivity contribution in [3.63, 3.8) is 0 Å². The van der Waals surface area contributed by atoms with Crippen LogP contribution in [0.15, 0.2) is 48.7 Å². The van der Waals surface area contributed by atoms with Gasteiger partial charge in [-0.15, -0.1) is 0 Å². The highest BCUT2D eigenvalue weighted by Gasteiger charge is 2.30. The lowest BCUT2D eigenvalue weighted by molar-refractivity contribution is -0.383. The molecule has 0 amide bonds. The zero-order valence-corrected chi connectivity index (χ0v) is 13.5. The Hall–Kier alpha value is -2.87. The fourth-order valence-electron chi connectivity index (χ4n) is 3.14. The maximum atomic E-state index is 12.8. The molecule has 5 nitrogen and oxygen atoms in total. The minimum atomic E-state index is -4.42. The van der Waals surface area contributed by atoms with Crippen molar-refractivity contribution in [3.05, 3.63) is 75.5 Å². The maximum absolute atomic E-state index is 12.8. The summed E-state index contributed by atoms with van der Waals surface area (Å²) in [5, 5.41) is 21.2. The third-order valence-corrected chi connectivity index (χ3v) is 4.36. The number of hydrogen-bond donors (Lipinski definition) is 2. The predicted octanol–water partition coefficient (Wildman–Crippen LogP) is 4.61. The van der Waals surface area contributed by atoms with Crippen LogP contribution in [0.2, 0.25) is 0 Å². The van der Waals surface area contributed by atoms with Crippen molar-refractivity contribution in [2.45, 2.75) is 18.5 Å². The maximum Gasteiger partial charge on any atom is 0.416 e. The lowest BCUT2D eigenvalue weighted by Crippen LogP contribution is -2.07. The van der Waals surface area contributed by atoms with Gasteiger partial charge in [0.25, 0.3) is 5.69 Å². The Bertz CT molecular complexity index is 933. The highest BCUT2D eigenvalue weighted by molar-refractivity contribution is 5.91. The third kappa shape index (κ3) is 3.28. The van der Waals surface area contributed by atoms with Crippen molar-refractivity contribution in [2.24, 2.45) is 0 Å². The Morgan fingerprint density at radius 2 is 1.85 bits per heavy atom. The number of nitrogens with one attached hydrogen (secondary N) is 1. The molecule has 2 aromatic carbocycles. The molecule has 0 saturated carbocycles. The number of non-ortho nitro benzene ring substituents is 1. The highest BCUT2D eigenvalue weighted by atomic mass is 19.4. The number of nitro groups is 1. The molecule has 0 aliphatic carbocycles. The summed E-state index contributed by atoms with van der Waals surface area (Å²) in [6, 6.07) is 9.39. The van der Waals surface area contributed by atoms with Gasteiger partial charge in [-0.25, -0.2) is 0 Å². The standard InChI is InChI=1S/C18H15F3N2O3/c19-18(20,21)12-6-4-11(5-7-12)13(8-9-24)15-10-22-17-14(15)2-1-3-16(17)23(25)26/h1-7,10,13,22,24H,8-9H2. The van der Waals surface area contributed by atoms with Crippen LogP contribution in [0.5, 0.6) is 0 Å². The number of aromatic nitrogens is 1. The largest absolute Gasteiger partial charge is 0.416 e. The molecule has 1 atom stereocenters. The summed E-state index contributed by atoms with van der Waals surface area (Å²) >= 11 is 0. The SMILES string of the molecule is O=[N+]([O-])c1cccc2c(C(CCO)c3ccc(C(F)(F)F)cc3)c[nH]c12. The van der Waals surface area contributed by atoms with E-state index in [1.807, 2.05) is 0 Å². The summed E-state index contributed by atoms with van der Waals surface area (Å²) in [6.07, 6.45) is -2.54. The van der Waals surface area contributed by atoms with Gasteiger partial charge >= 0.3 is 6.18 Å². The van der Waals surface area contributed by atoms with Crippen LogP contribution in [-0.2, 0) is 6.18 Å². The average molecular weight is 364 g/mol. The third-order valence-electron chi connectivity index (χ3n) is 4.36.